The van der Waals surface area contributed by atoms with Gasteiger partial charge in [-0.2, -0.15) is 0 Å². The Balaban J connectivity index is -0.000000642. The van der Waals surface area contributed by atoms with Crippen molar-refractivity contribution in [2.24, 2.45) is 0 Å². The van der Waals surface area contributed by atoms with Gasteiger partial charge < -0.3 is 14.8 Å². The van der Waals surface area contributed by atoms with Crippen LogP contribution in [0.2, 0.25) is 0 Å². The van der Waals surface area contributed by atoms with E-state index in [0.717, 1.165) is 0 Å². The fourth-order valence-electron chi connectivity index (χ4n) is 2.08. The van der Waals surface area contributed by atoms with Gasteiger partial charge in [-0.05, 0) is 47.1 Å². The van der Waals surface area contributed by atoms with Crippen LogP contribution in [0.25, 0.3) is 0 Å². The van der Waals surface area contributed by atoms with E-state index in [1.54, 1.807) is 58.9 Å². The molecule has 0 saturated heterocycles. The molecule has 0 spiro atoms. The van der Waals surface area contributed by atoms with Crippen LogP contribution in [-0.4, -0.2) is 34.8 Å². The highest BCUT2D eigenvalue weighted by atomic mass is 16.6. The van der Waals surface area contributed by atoms with Crippen molar-refractivity contribution in [1.82, 2.24) is 10.2 Å². The van der Waals surface area contributed by atoms with E-state index < -0.39 is 17.7 Å². The SMILES string of the molecule is C=C/C=C\C(=C/C)N(C=C)C(=O)/C=C(\C)CC(C=O)NC(=O)OC(C)(C)C.CC.CC.CC. The van der Waals surface area contributed by atoms with E-state index in [4.69, 9.17) is 4.74 Å². The molecule has 0 aliphatic heterocycles. The third-order valence-corrected chi connectivity index (χ3v) is 3.18. The van der Waals surface area contributed by atoms with Gasteiger partial charge in [0.1, 0.15) is 11.9 Å². The number of nitrogens with one attached hydrogen (secondary N) is 1. The van der Waals surface area contributed by atoms with Crippen LogP contribution in [0.1, 0.15) is 82.6 Å². The van der Waals surface area contributed by atoms with Gasteiger partial charge in [0, 0.05) is 18.0 Å². The van der Waals surface area contributed by atoms with E-state index in [2.05, 4.69) is 18.5 Å². The Bertz CT molecular complexity index is 654. The lowest BCUT2D eigenvalue weighted by atomic mass is 10.1. The van der Waals surface area contributed by atoms with Crippen molar-refractivity contribution in [1.29, 1.82) is 0 Å². The first kappa shape index (κ1) is 37.4. The van der Waals surface area contributed by atoms with Crippen molar-refractivity contribution in [2.45, 2.75) is 94.2 Å². The number of hydrogen-bond acceptors (Lipinski definition) is 4. The van der Waals surface area contributed by atoms with Crippen LogP contribution in [0, 0.1) is 0 Å². The Labute approximate surface area is 203 Å². The average molecular weight is 465 g/mol. The van der Waals surface area contributed by atoms with Crippen LogP contribution in [0.5, 0.6) is 0 Å². The minimum atomic E-state index is -0.789. The van der Waals surface area contributed by atoms with Crippen molar-refractivity contribution in [3.63, 3.8) is 0 Å². The maximum absolute atomic E-state index is 12.5. The fourth-order valence-corrected chi connectivity index (χ4v) is 2.08. The molecule has 0 saturated carbocycles. The van der Waals surface area contributed by atoms with Crippen molar-refractivity contribution >= 4 is 18.3 Å². The zero-order valence-corrected chi connectivity index (χ0v) is 22.8. The summed E-state index contributed by atoms with van der Waals surface area (Å²) in [4.78, 5) is 36.9. The number of rotatable bonds is 9. The minimum absolute atomic E-state index is 0.188. The maximum Gasteiger partial charge on any atom is 0.408 e. The molecule has 0 aromatic heterocycles. The molecule has 190 valence electrons. The summed E-state index contributed by atoms with van der Waals surface area (Å²) in [6.45, 7) is 28.0. The number of alkyl carbamates (subject to hydrolysis) is 1. The van der Waals surface area contributed by atoms with Crippen molar-refractivity contribution in [3.05, 3.63) is 61.0 Å². The second kappa shape index (κ2) is 23.8. The number of allylic oxidation sites excluding steroid dienone is 4. The van der Waals surface area contributed by atoms with Crippen LogP contribution < -0.4 is 5.32 Å². The smallest absolute Gasteiger partial charge is 0.408 e. The lowest BCUT2D eigenvalue weighted by molar-refractivity contribution is -0.122. The quantitative estimate of drug-likeness (QED) is 0.224. The Hall–Kier alpha value is -2.89. The highest BCUT2D eigenvalue weighted by Crippen LogP contribution is 2.12. The molecule has 0 aliphatic rings. The summed E-state index contributed by atoms with van der Waals surface area (Å²) in [5.74, 6) is -0.314. The van der Waals surface area contributed by atoms with Gasteiger partial charge in [-0.1, -0.05) is 78.5 Å². The molecule has 6 heteroatoms. The zero-order chi connectivity index (χ0) is 27.0. The van der Waals surface area contributed by atoms with Gasteiger partial charge in [-0.3, -0.25) is 9.69 Å². The number of hydrogen-bond donors (Lipinski definition) is 1. The molecule has 0 aliphatic carbocycles. The van der Waals surface area contributed by atoms with Gasteiger partial charge in [-0.25, -0.2) is 4.79 Å². The summed E-state index contributed by atoms with van der Waals surface area (Å²) in [6.07, 6.45) is 9.74. The van der Waals surface area contributed by atoms with Crippen LogP contribution in [0.15, 0.2) is 61.0 Å². The zero-order valence-electron chi connectivity index (χ0n) is 22.8. The van der Waals surface area contributed by atoms with Crippen LogP contribution in [0.4, 0.5) is 4.79 Å². The van der Waals surface area contributed by atoms with Crippen molar-refractivity contribution in [3.8, 4) is 0 Å². The molecule has 6 nitrogen and oxygen atoms in total. The number of carbonyl (C=O) groups excluding carboxylic acids is 3. The van der Waals surface area contributed by atoms with E-state index in [-0.39, 0.29) is 12.3 Å². The number of aldehydes is 1. The molecule has 0 aromatic carbocycles. The molecule has 0 heterocycles. The van der Waals surface area contributed by atoms with E-state index in [9.17, 15) is 14.4 Å². The van der Waals surface area contributed by atoms with Gasteiger partial charge >= 0.3 is 6.09 Å². The van der Waals surface area contributed by atoms with Crippen LogP contribution in [-0.2, 0) is 14.3 Å². The van der Waals surface area contributed by atoms with E-state index >= 15 is 0 Å². The summed E-state index contributed by atoms with van der Waals surface area (Å²) in [5.41, 5.74) is 0.603. The van der Waals surface area contributed by atoms with Gasteiger partial charge in [0.05, 0.1) is 6.04 Å². The first-order valence-electron chi connectivity index (χ1n) is 11.6. The van der Waals surface area contributed by atoms with Gasteiger partial charge in [-0.15, -0.1) is 0 Å². The van der Waals surface area contributed by atoms with Gasteiger partial charge in [0.2, 0.25) is 0 Å². The molecule has 0 fully saturated rings. The Morgan fingerprint density at radius 2 is 1.58 bits per heavy atom. The predicted molar refractivity (Wildman–Crippen MR) is 142 cm³/mol. The van der Waals surface area contributed by atoms with E-state index in [0.29, 0.717) is 17.6 Å². The van der Waals surface area contributed by atoms with Crippen LogP contribution in [0.3, 0.4) is 0 Å². The monoisotopic (exact) mass is 464 g/mol. The topological polar surface area (TPSA) is 75.7 Å². The molecular weight excluding hydrogens is 416 g/mol. The molecule has 1 unspecified atom stereocenters. The molecule has 0 aromatic rings. The average Bonchev–Trinajstić information content (AvgIpc) is 2.78. The molecular formula is C27H48N2O4. The Morgan fingerprint density at radius 1 is 1.06 bits per heavy atom. The van der Waals surface area contributed by atoms with Crippen LogP contribution >= 0.6 is 0 Å². The summed E-state index contributed by atoms with van der Waals surface area (Å²) >= 11 is 0. The molecule has 0 radical (unpaired) electrons. The summed E-state index contributed by atoms with van der Waals surface area (Å²) in [7, 11) is 0. The number of carbonyl (C=O) groups is 3. The second-order valence-corrected chi connectivity index (χ2v) is 6.78. The lowest BCUT2D eigenvalue weighted by Gasteiger charge is -2.22. The number of ether oxygens (including phenoxy) is 1. The van der Waals surface area contributed by atoms with Gasteiger partial charge in [0.15, 0.2) is 0 Å². The Kier molecular flexibility index (Phi) is 27.0. The third-order valence-electron chi connectivity index (χ3n) is 3.18. The second-order valence-electron chi connectivity index (χ2n) is 6.78. The highest BCUT2D eigenvalue weighted by Gasteiger charge is 2.20. The minimum Gasteiger partial charge on any atom is -0.444 e. The molecule has 1 N–H and O–H groups in total. The van der Waals surface area contributed by atoms with Crippen molar-refractivity contribution in [2.75, 3.05) is 0 Å². The molecule has 0 bridgehead atoms. The summed E-state index contributed by atoms with van der Waals surface area (Å²) in [5, 5.41) is 2.48. The normalized spacial score (nSPS) is 11.7. The summed E-state index contributed by atoms with van der Waals surface area (Å²) < 4.78 is 5.13. The first-order chi connectivity index (χ1) is 15.6. The van der Waals surface area contributed by atoms with Gasteiger partial charge in [0.25, 0.3) is 5.91 Å². The maximum atomic E-state index is 12.5. The standard InChI is InChI=1S/C21H30N2O4.3C2H6/c1-8-11-12-18(9-2)23(10-3)19(25)14-16(4)13-17(15-24)22-20(26)27-21(5,6)7;3*1-2/h8-12,14-15,17H,1,3,13H2,2,4-7H3,(H,22,26);3*1-2H3/b12-11-,16-14+,18-9+;;;. The van der Waals surface area contributed by atoms with E-state index in [1.165, 1.54) is 17.2 Å². The fraction of sp³-hybridized carbons (Fsp3) is 0.519. The summed E-state index contributed by atoms with van der Waals surface area (Å²) in [6, 6.07) is -0.789. The molecule has 0 rings (SSSR count). The number of nitrogens with zero attached hydrogens (tertiary/aromatic N) is 1. The lowest BCUT2D eigenvalue weighted by Crippen LogP contribution is -2.40. The highest BCUT2D eigenvalue weighted by molar-refractivity contribution is 5.91. The molecule has 2 amide bonds. The predicted octanol–water partition coefficient (Wildman–Crippen LogP) is 7.11. The van der Waals surface area contributed by atoms with Crippen molar-refractivity contribution < 1.29 is 19.1 Å². The third kappa shape index (κ3) is 20.8. The Morgan fingerprint density at radius 3 is 1.94 bits per heavy atom. The first-order valence-corrected chi connectivity index (χ1v) is 11.6. The van der Waals surface area contributed by atoms with E-state index in [1.807, 2.05) is 41.5 Å². The largest absolute Gasteiger partial charge is 0.444 e. The molecule has 1 atom stereocenters. The molecule has 33 heavy (non-hydrogen) atoms. The number of amides is 2.